The van der Waals surface area contributed by atoms with Crippen LogP contribution in [0.3, 0.4) is 0 Å². The maximum atomic E-state index is 11.4. The number of ether oxygens (including phenoxy) is 1. The highest BCUT2D eigenvalue weighted by Gasteiger charge is 2.33. The van der Waals surface area contributed by atoms with Gasteiger partial charge in [0, 0.05) is 12.8 Å². The summed E-state index contributed by atoms with van der Waals surface area (Å²) in [5, 5.41) is 0. The highest BCUT2D eigenvalue weighted by atomic mass is 16.6. The summed E-state index contributed by atoms with van der Waals surface area (Å²) >= 11 is 0. The number of urea groups is 1. The molecule has 2 unspecified atom stereocenters. The Morgan fingerprint density at radius 3 is 2.54 bits per heavy atom. The van der Waals surface area contributed by atoms with Crippen LogP contribution in [0.4, 0.5) is 4.79 Å². The Bertz CT molecular complexity index is 230. The molecule has 0 spiro atoms. The molecule has 0 saturated carbocycles. The number of carbonyl (C=O) groups is 1. The van der Waals surface area contributed by atoms with E-state index in [4.69, 9.17) is 4.74 Å². The first-order valence-electron chi connectivity index (χ1n) is 4.42. The van der Waals surface area contributed by atoms with E-state index in [0.717, 1.165) is 12.3 Å². The molecule has 0 N–H and O–H groups in total. The van der Waals surface area contributed by atoms with Gasteiger partial charge in [0.15, 0.2) is 0 Å². The summed E-state index contributed by atoms with van der Waals surface area (Å²) in [6.45, 7) is 6.34. The SMILES string of the molecule is CC(C)=NC(=O)N(C)C(C)C1CO1. The fraction of sp³-hybridized carbons (Fsp3) is 0.778. The number of epoxide rings is 1. The van der Waals surface area contributed by atoms with Crippen molar-refractivity contribution in [2.75, 3.05) is 13.7 Å². The highest BCUT2D eigenvalue weighted by Crippen LogP contribution is 2.18. The number of amides is 2. The van der Waals surface area contributed by atoms with E-state index in [2.05, 4.69) is 4.99 Å². The van der Waals surface area contributed by atoms with E-state index in [-0.39, 0.29) is 18.2 Å². The summed E-state index contributed by atoms with van der Waals surface area (Å²) < 4.78 is 5.10. The van der Waals surface area contributed by atoms with Crippen molar-refractivity contribution in [1.82, 2.24) is 4.90 Å². The summed E-state index contributed by atoms with van der Waals surface area (Å²) in [5.41, 5.74) is 0.778. The van der Waals surface area contributed by atoms with Crippen LogP contribution in [0.1, 0.15) is 20.8 Å². The van der Waals surface area contributed by atoms with Crippen LogP contribution >= 0.6 is 0 Å². The molecule has 74 valence electrons. The zero-order valence-corrected chi connectivity index (χ0v) is 8.57. The molecule has 1 fully saturated rings. The molecule has 2 atom stereocenters. The lowest BCUT2D eigenvalue weighted by Gasteiger charge is -2.20. The second kappa shape index (κ2) is 3.87. The molecule has 0 aliphatic carbocycles. The van der Waals surface area contributed by atoms with Gasteiger partial charge < -0.3 is 9.64 Å². The fourth-order valence-electron chi connectivity index (χ4n) is 1.03. The molecule has 4 heteroatoms. The summed E-state index contributed by atoms with van der Waals surface area (Å²) in [5.74, 6) is 0. The van der Waals surface area contributed by atoms with Crippen LogP contribution in [0.5, 0.6) is 0 Å². The van der Waals surface area contributed by atoms with Gasteiger partial charge in [0.2, 0.25) is 0 Å². The predicted molar refractivity (Wildman–Crippen MR) is 51.1 cm³/mol. The van der Waals surface area contributed by atoms with Gasteiger partial charge >= 0.3 is 6.03 Å². The number of hydrogen-bond donors (Lipinski definition) is 0. The molecule has 0 radical (unpaired) electrons. The number of likely N-dealkylation sites (N-methyl/N-ethyl adjacent to an activating group) is 1. The van der Waals surface area contributed by atoms with Gasteiger partial charge in [-0.1, -0.05) is 0 Å². The fourth-order valence-corrected chi connectivity index (χ4v) is 1.03. The van der Waals surface area contributed by atoms with Crippen molar-refractivity contribution in [2.45, 2.75) is 32.9 Å². The van der Waals surface area contributed by atoms with Gasteiger partial charge in [0.1, 0.15) is 6.10 Å². The van der Waals surface area contributed by atoms with Crippen molar-refractivity contribution in [3.8, 4) is 0 Å². The summed E-state index contributed by atoms with van der Waals surface area (Å²) in [6.07, 6.45) is 0.210. The van der Waals surface area contributed by atoms with Gasteiger partial charge in [0.25, 0.3) is 0 Å². The zero-order valence-electron chi connectivity index (χ0n) is 8.57. The van der Waals surface area contributed by atoms with Crippen LogP contribution < -0.4 is 0 Å². The Morgan fingerprint density at radius 2 is 2.15 bits per heavy atom. The largest absolute Gasteiger partial charge is 0.371 e. The Balaban J connectivity index is 2.50. The predicted octanol–water partition coefficient (Wildman–Crippen LogP) is 1.31. The van der Waals surface area contributed by atoms with E-state index in [1.807, 2.05) is 20.8 Å². The molecule has 1 rings (SSSR count). The van der Waals surface area contributed by atoms with Gasteiger partial charge in [-0.15, -0.1) is 0 Å². The molecule has 13 heavy (non-hydrogen) atoms. The zero-order chi connectivity index (χ0) is 10.0. The Hall–Kier alpha value is -0.900. The normalized spacial score (nSPS) is 22.0. The van der Waals surface area contributed by atoms with Crippen molar-refractivity contribution >= 4 is 11.7 Å². The molecule has 0 aromatic carbocycles. The molecular formula is C9H16N2O2. The lowest BCUT2D eigenvalue weighted by atomic mass is 10.2. The first-order valence-corrected chi connectivity index (χ1v) is 4.42. The monoisotopic (exact) mass is 184 g/mol. The summed E-state index contributed by atoms with van der Waals surface area (Å²) in [6, 6.07) is -0.0707. The van der Waals surface area contributed by atoms with E-state index < -0.39 is 0 Å². The van der Waals surface area contributed by atoms with Crippen LogP contribution in [0.15, 0.2) is 4.99 Å². The third kappa shape index (κ3) is 2.81. The second-order valence-electron chi connectivity index (χ2n) is 3.56. The van der Waals surface area contributed by atoms with Crippen molar-refractivity contribution in [2.24, 2.45) is 4.99 Å². The van der Waals surface area contributed by atoms with Crippen molar-refractivity contribution in [3.63, 3.8) is 0 Å². The van der Waals surface area contributed by atoms with E-state index >= 15 is 0 Å². The minimum atomic E-state index is -0.192. The number of rotatable bonds is 2. The van der Waals surface area contributed by atoms with Crippen LogP contribution in [-0.4, -0.2) is 42.4 Å². The molecule has 4 nitrogen and oxygen atoms in total. The second-order valence-corrected chi connectivity index (χ2v) is 3.56. The highest BCUT2D eigenvalue weighted by molar-refractivity contribution is 5.92. The standard InChI is InChI=1S/C9H16N2O2/c1-6(2)10-9(12)11(4)7(3)8-5-13-8/h7-8H,5H2,1-4H3. The number of carbonyl (C=O) groups excluding carboxylic acids is 1. The van der Waals surface area contributed by atoms with Crippen LogP contribution in [0.2, 0.25) is 0 Å². The van der Waals surface area contributed by atoms with Crippen molar-refractivity contribution in [3.05, 3.63) is 0 Å². The van der Waals surface area contributed by atoms with Crippen LogP contribution in [-0.2, 0) is 4.74 Å². The van der Waals surface area contributed by atoms with Gasteiger partial charge in [-0.2, -0.15) is 0 Å². The first-order chi connectivity index (χ1) is 6.02. The number of nitrogens with zero attached hydrogens (tertiary/aromatic N) is 2. The van der Waals surface area contributed by atoms with E-state index in [9.17, 15) is 4.79 Å². The molecule has 1 saturated heterocycles. The number of hydrogen-bond acceptors (Lipinski definition) is 2. The maximum absolute atomic E-state index is 11.4. The van der Waals surface area contributed by atoms with Gasteiger partial charge in [-0.25, -0.2) is 9.79 Å². The minimum absolute atomic E-state index is 0.121. The molecule has 0 aromatic rings. The molecule has 1 aliphatic rings. The van der Waals surface area contributed by atoms with Gasteiger partial charge in [0.05, 0.1) is 12.6 Å². The average Bonchev–Trinajstić information content (AvgIpc) is 2.82. The topological polar surface area (TPSA) is 45.2 Å². The lowest BCUT2D eigenvalue weighted by Crippen LogP contribution is -2.37. The summed E-state index contributed by atoms with van der Waals surface area (Å²) in [7, 11) is 1.75. The molecule has 0 bridgehead atoms. The third-order valence-corrected chi connectivity index (χ3v) is 2.13. The van der Waals surface area contributed by atoms with Crippen molar-refractivity contribution < 1.29 is 9.53 Å². The molecule has 0 aromatic heterocycles. The number of aliphatic imine (C=N–C) groups is 1. The summed E-state index contributed by atoms with van der Waals surface area (Å²) in [4.78, 5) is 16.9. The third-order valence-electron chi connectivity index (χ3n) is 2.13. The van der Waals surface area contributed by atoms with Gasteiger partial charge in [-0.05, 0) is 20.8 Å². The molecular weight excluding hydrogens is 168 g/mol. The molecule has 1 heterocycles. The average molecular weight is 184 g/mol. The Labute approximate surface area is 78.6 Å². The quantitative estimate of drug-likeness (QED) is 0.479. The Kier molecular flexibility index (Phi) is 3.03. The minimum Gasteiger partial charge on any atom is -0.371 e. The first kappa shape index (κ1) is 10.2. The lowest BCUT2D eigenvalue weighted by molar-refractivity contribution is 0.191. The van der Waals surface area contributed by atoms with Crippen LogP contribution in [0, 0.1) is 0 Å². The maximum Gasteiger partial charge on any atom is 0.343 e. The van der Waals surface area contributed by atoms with Crippen LogP contribution in [0.25, 0.3) is 0 Å². The Morgan fingerprint density at radius 1 is 1.62 bits per heavy atom. The molecule has 1 aliphatic heterocycles. The van der Waals surface area contributed by atoms with Crippen molar-refractivity contribution in [1.29, 1.82) is 0 Å². The smallest absolute Gasteiger partial charge is 0.343 e. The molecule has 2 amide bonds. The van der Waals surface area contributed by atoms with E-state index in [0.29, 0.717) is 0 Å². The van der Waals surface area contributed by atoms with E-state index in [1.165, 1.54) is 0 Å². The van der Waals surface area contributed by atoms with Gasteiger partial charge in [-0.3, -0.25) is 0 Å². The van der Waals surface area contributed by atoms with E-state index in [1.54, 1.807) is 11.9 Å².